The molecule has 0 aliphatic heterocycles. The minimum atomic E-state index is -0.676. The topological polar surface area (TPSA) is 108 Å². The van der Waals surface area contributed by atoms with Gasteiger partial charge in [-0.25, -0.2) is 0 Å². The number of non-ortho nitro benzene ring substituents is 1. The number of thiophene rings is 1. The first kappa shape index (κ1) is 17.7. The Hall–Kier alpha value is -3.07. The van der Waals surface area contributed by atoms with Crippen molar-refractivity contribution in [1.29, 1.82) is 0 Å². The summed E-state index contributed by atoms with van der Waals surface area (Å²) in [5, 5.41) is 20.4. The molecule has 26 heavy (non-hydrogen) atoms. The number of ether oxygens (including phenoxy) is 1. The van der Waals surface area contributed by atoms with Crippen LogP contribution in [0.1, 0.15) is 30.2 Å². The Morgan fingerprint density at radius 3 is 2.73 bits per heavy atom. The molecule has 8 nitrogen and oxygen atoms in total. The predicted octanol–water partition coefficient (Wildman–Crippen LogP) is 3.94. The number of aryl methyl sites for hydroxylation is 1. The third-order valence-electron chi connectivity index (χ3n) is 3.58. The zero-order chi connectivity index (χ0) is 18.5. The lowest BCUT2D eigenvalue weighted by molar-refractivity contribution is -0.384. The van der Waals surface area contributed by atoms with Crippen molar-refractivity contribution in [3.63, 3.8) is 0 Å². The van der Waals surface area contributed by atoms with Crippen LogP contribution < -0.4 is 0 Å². The molecule has 3 aromatic rings. The molecule has 0 radical (unpaired) electrons. The van der Waals surface area contributed by atoms with Crippen molar-refractivity contribution < 1.29 is 18.9 Å². The van der Waals surface area contributed by atoms with Gasteiger partial charge in [0.15, 0.2) is 6.10 Å². The third-order valence-corrected chi connectivity index (χ3v) is 4.51. The van der Waals surface area contributed by atoms with Crippen molar-refractivity contribution in [3.8, 4) is 11.5 Å². The number of benzene rings is 1. The molecular weight excluding hydrogens is 358 g/mol. The highest BCUT2D eigenvalue weighted by molar-refractivity contribution is 7.09. The summed E-state index contributed by atoms with van der Waals surface area (Å²) < 4.78 is 10.8. The second-order valence-electron chi connectivity index (χ2n) is 5.46. The van der Waals surface area contributed by atoms with Gasteiger partial charge in [0.05, 0.1) is 11.3 Å². The molecule has 0 aliphatic rings. The number of hydrogen-bond donors (Lipinski definition) is 0. The molecule has 0 amide bonds. The first-order valence-electron chi connectivity index (χ1n) is 7.83. The van der Waals surface area contributed by atoms with E-state index in [4.69, 9.17) is 9.15 Å². The maximum absolute atomic E-state index is 11.9. The van der Waals surface area contributed by atoms with Crippen LogP contribution in [0.15, 0.2) is 46.2 Å². The van der Waals surface area contributed by atoms with E-state index in [1.165, 1.54) is 24.3 Å². The molecule has 1 atom stereocenters. The van der Waals surface area contributed by atoms with Crippen molar-refractivity contribution in [2.75, 3.05) is 0 Å². The molecule has 0 aliphatic carbocycles. The van der Waals surface area contributed by atoms with E-state index in [0.717, 1.165) is 4.88 Å². The number of nitrogens with zero attached hydrogens (tertiary/aromatic N) is 3. The van der Waals surface area contributed by atoms with Crippen LogP contribution in [-0.4, -0.2) is 21.1 Å². The minimum Gasteiger partial charge on any atom is -0.453 e. The number of nitro groups is 1. The van der Waals surface area contributed by atoms with Gasteiger partial charge in [-0.3, -0.25) is 14.9 Å². The number of hydrogen-bond acceptors (Lipinski definition) is 8. The van der Waals surface area contributed by atoms with E-state index in [9.17, 15) is 14.9 Å². The fourth-order valence-corrected chi connectivity index (χ4v) is 2.94. The summed E-state index contributed by atoms with van der Waals surface area (Å²) in [6.07, 6.45) is 0.222. The van der Waals surface area contributed by atoms with Crippen LogP contribution >= 0.6 is 11.3 Å². The molecule has 2 heterocycles. The van der Waals surface area contributed by atoms with Crippen molar-refractivity contribution in [2.24, 2.45) is 0 Å². The quantitative estimate of drug-likeness (QED) is 0.350. The number of carbonyl (C=O) groups excluding carboxylic acids is 1. The normalized spacial score (nSPS) is 11.9. The maximum atomic E-state index is 11.9. The lowest BCUT2D eigenvalue weighted by Gasteiger charge is -2.08. The lowest BCUT2D eigenvalue weighted by atomic mass is 10.2. The Balaban J connectivity index is 1.59. The second-order valence-corrected chi connectivity index (χ2v) is 6.49. The fourth-order valence-electron chi connectivity index (χ4n) is 2.23. The predicted molar refractivity (Wildman–Crippen MR) is 93.5 cm³/mol. The third kappa shape index (κ3) is 4.31. The number of nitro benzene ring substituents is 1. The van der Waals surface area contributed by atoms with E-state index in [-0.39, 0.29) is 29.9 Å². The minimum absolute atomic E-state index is 0.0264. The average molecular weight is 373 g/mol. The van der Waals surface area contributed by atoms with E-state index < -0.39 is 11.0 Å². The molecule has 1 aromatic carbocycles. The molecule has 0 saturated heterocycles. The fraction of sp³-hybridized carbons (Fsp3) is 0.235. The first-order valence-corrected chi connectivity index (χ1v) is 8.71. The van der Waals surface area contributed by atoms with Gasteiger partial charge in [-0.05, 0) is 36.9 Å². The summed E-state index contributed by atoms with van der Waals surface area (Å²) in [6, 6.07) is 9.66. The molecule has 9 heteroatoms. The molecule has 0 spiro atoms. The standard InChI is InChI=1S/C17H15N3O5S/c1-11(24-15(21)9-8-14-3-2-10-26-14)16-18-19-17(25-16)12-4-6-13(7-5-12)20(22)23/h2-7,10-11H,8-9H2,1H3/t11-/m0/s1. The molecule has 2 aromatic heterocycles. The summed E-state index contributed by atoms with van der Waals surface area (Å²) in [4.78, 5) is 23.2. The zero-order valence-corrected chi connectivity index (χ0v) is 14.6. The van der Waals surface area contributed by atoms with Crippen LogP contribution in [-0.2, 0) is 16.0 Å². The summed E-state index contributed by atoms with van der Waals surface area (Å²) in [7, 11) is 0. The number of esters is 1. The van der Waals surface area contributed by atoms with Crippen molar-refractivity contribution in [1.82, 2.24) is 10.2 Å². The summed E-state index contributed by atoms with van der Waals surface area (Å²) in [5.74, 6) is 0.0280. The van der Waals surface area contributed by atoms with Crippen LogP contribution in [0.25, 0.3) is 11.5 Å². The summed E-state index contributed by atoms with van der Waals surface area (Å²) in [5.41, 5.74) is 0.520. The Morgan fingerprint density at radius 1 is 1.31 bits per heavy atom. The van der Waals surface area contributed by atoms with Gasteiger partial charge in [0, 0.05) is 22.6 Å². The van der Waals surface area contributed by atoms with Crippen LogP contribution in [0, 0.1) is 10.1 Å². The Morgan fingerprint density at radius 2 is 2.08 bits per heavy atom. The van der Waals surface area contributed by atoms with Gasteiger partial charge in [-0.1, -0.05) is 6.07 Å². The lowest BCUT2D eigenvalue weighted by Crippen LogP contribution is -2.09. The van der Waals surface area contributed by atoms with E-state index in [0.29, 0.717) is 12.0 Å². The molecule has 3 rings (SSSR count). The largest absolute Gasteiger partial charge is 0.453 e. The second kappa shape index (κ2) is 7.87. The van der Waals surface area contributed by atoms with Crippen LogP contribution in [0.3, 0.4) is 0 Å². The summed E-state index contributed by atoms with van der Waals surface area (Å²) >= 11 is 1.59. The van der Waals surface area contributed by atoms with Gasteiger partial charge in [0.25, 0.3) is 11.6 Å². The highest BCUT2D eigenvalue weighted by Gasteiger charge is 2.19. The van der Waals surface area contributed by atoms with Crippen LogP contribution in [0.2, 0.25) is 0 Å². The van der Waals surface area contributed by atoms with Gasteiger partial charge in [0.1, 0.15) is 0 Å². The van der Waals surface area contributed by atoms with Gasteiger partial charge in [-0.15, -0.1) is 21.5 Å². The first-order chi connectivity index (χ1) is 12.5. The molecule has 134 valence electrons. The maximum Gasteiger partial charge on any atom is 0.306 e. The average Bonchev–Trinajstić information content (AvgIpc) is 3.32. The number of carbonyl (C=O) groups is 1. The highest BCUT2D eigenvalue weighted by Crippen LogP contribution is 2.24. The molecule has 0 saturated carbocycles. The Kier molecular flexibility index (Phi) is 5.37. The SMILES string of the molecule is C[C@H](OC(=O)CCc1cccs1)c1nnc(-c2ccc([N+](=O)[O-])cc2)o1. The molecular formula is C17H15N3O5S. The van der Waals surface area contributed by atoms with E-state index >= 15 is 0 Å². The van der Waals surface area contributed by atoms with Gasteiger partial charge >= 0.3 is 5.97 Å². The van der Waals surface area contributed by atoms with Crippen LogP contribution in [0.5, 0.6) is 0 Å². The molecule has 0 unspecified atom stereocenters. The Bertz CT molecular complexity index is 890. The number of aromatic nitrogens is 2. The zero-order valence-electron chi connectivity index (χ0n) is 13.8. The Labute approximate surface area is 152 Å². The van der Waals surface area contributed by atoms with E-state index in [1.54, 1.807) is 18.3 Å². The molecule has 0 fully saturated rings. The van der Waals surface area contributed by atoms with Crippen molar-refractivity contribution in [2.45, 2.75) is 25.9 Å². The van der Waals surface area contributed by atoms with Gasteiger partial charge < -0.3 is 9.15 Å². The summed E-state index contributed by atoms with van der Waals surface area (Å²) in [6.45, 7) is 1.65. The number of rotatable bonds is 7. The van der Waals surface area contributed by atoms with Crippen molar-refractivity contribution >= 4 is 23.0 Å². The van der Waals surface area contributed by atoms with Gasteiger partial charge in [0.2, 0.25) is 5.89 Å². The highest BCUT2D eigenvalue weighted by atomic mass is 32.1. The smallest absolute Gasteiger partial charge is 0.306 e. The monoisotopic (exact) mass is 373 g/mol. The van der Waals surface area contributed by atoms with E-state index in [1.807, 2.05) is 17.5 Å². The van der Waals surface area contributed by atoms with Crippen LogP contribution in [0.4, 0.5) is 5.69 Å². The molecule has 0 N–H and O–H groups in total. The molecule has 0 bridgehead atoms. The van der Waals surface area contributed by atoms with Crippen molar-refractivity contribution in [3.05, 3.63) is 62.7 Å². The van der Waals surface area contributed by atoms with E-state index in [2.05, 4.69) is 10.2 Å². The van der Waals surface area contributed by atoms with Gasteiger partial charge in [-0.2, -0.15) is 0 Å².